The van der Waals surface area contributed by atoms with Gasteiger partial charge in [0.15, 0.2) is 11.2 Å². The lowest BCUT2D eigenvalue weighted by molar-refractivity contribution is -0.136. The normalized spacial score (nSPS) is 26.4. The van der Waals surface area contributed by atoms with Gasteiger partial charge in [-0.2, -0.15) is 4.98 Å². The molecule has 3 fully saturated rings. The molecule has 0 spiro atoms. The van der Waals surface area contributed by atoms with Crippen molar-refractivity contribution in [3.8, 4) is 17.3 Å². The highest BCUT2D eigenvalue weighted by molar-refractivity contribution is 5.81. The number of hydrogen-bond donors (Lipinski definition) is 0. The van der Waals surface area contributed by atoms with Gasteiger partial charge in [0.25, 0.3) is 0 Å². The average Bonchev–Trinajstić information content (AvgIpc) is 3.62. The van der Waals surface area contributed by atoms with Crippen LogP contribution in [0.15, 0.2) is 18.7 Å². The molecular formula is C23H28N8O2. The third kappa shape index (κ3) is 3.52. The van der Waals surface area contributed by atoms with Crippen LogP contribution in [0, 0.1) is 18.8 Å². The first kappa shape index (κ1) is 20.5. The Morgan fingerprint density at radius 3 is 2.67 bits per heavy atom. The van der Waals surface area contributed by atoms with E-state index in [2.05, 4.69) is 31.8 Å². The van der Waals surface area contributed by atoms with Crippen LogP contribution in [0.3, 0.4) is 0 Å². The van der Waals surface area contributed by atoms with Crippen molar-refractivity contribution in [2.45, 2.75) is 39.3 Å². The van der Waals surface area contributed by atoms with E-state index in [1.165, 1.54) is 6.33 Å². The lowest BCUT2D eigenvalue weighted by Gasteiger charge is -2.26. The number of piperidine rings is 1. The van der Waals surface area contributed by atoms with Gasteiger partial charge in [0, 0.05) is 45.0 Å². The van der Waals surface area contributed by atoms with Crippen molar-refractivity contribution in [2.24, 2.45) is 11.8 Å². The Balaban J connectivity index is 1.22. The molecule has 0 N–H and O–H groups in total. The number of likely N-dealkylation sites (tertiary alicyclic amines) is 1. The molecule has 4 atom stereocenters. The number of fused-ring (bicyclic) bond motifs is 3. The smallest absolute Gasteiger partial charge is 0.245 e. The van der Waals surface area contributed by atoms with Crippen LogP contribution in [-0.2, 0) is 11.3 Å². The largest absolute Gasteiger partial charge is 0.471 e. The summed E-state index contributed by atoms with van der Waals surface area (Å²) in [6.45, 7) is 9.07. The van der Waals surface area contributed by atoms with Gasteiger partial charge in [-0.3, -0.25) is 4.79 Å². The van der Waals surface area contributed by atoms with Crippen molar-refractivity contribution < 1.29 is 9.53 Å². The highest BCUT2D eigenvalue weighted by Crippen LogP contribution is 2.35. The molecule has 10 heteroatoms. The van der Waals surface area contributed by atoms with Crippen LogP contribution in [0.25, 0.3) is 22.6 Å². The predicted octanol–water partition coefficient (Wildman–Crippen LogP) is 1.54. The fraction of sp³-hybridized carbons (Fsp3) is 0.565. The van der Waals surface area contributed by atoms with E-state index in [0.717, 1.165) is 56.1 Å². The summed E-state index contributed by atoms with van der Waals surface area (Å²) in [5, 5.41) is 0. The maximum absolute atomic E-state index is 13.1. The Labute approximate surface area is 192 Å². The molecule has 3 aromatic heterocycles. The zero-order valence-corrected chi connectivity index (χ0v) is 19.0. The number of aryl methyl sites for hydroxylation is 2. The highest BCUT2D eigenvalue weighted by Gasteiger charge is 2.44. The van der Waals surface area contributed by atoms with E-state index in [0.29, 0.717) is 36.2 Å². The zero-order valence-electron chi connectivity index (χ0n) is 19.0. The van der Waals surface area contributed by atoms with Crippen LogP contribution in [0.4, 0.5) is 0 Å². The second-order valence-electron chi connectivity index (χ2n) is 9.28. The predicted molar refractivity (Wildman–Crippen MR) is 120 cm³/mol. The van der Waals surface area contributed by atoms with Crippen molar-refractivity contribution >= 4 is 17.1 Å². The van der Waals surface area contributed by atoms with Crippen molar-refractivity contribution in [2.75, 3.05) is 32.7 Å². The summed E-state index contributed by atoms with van der Waals surface area (Å²) < 4.78 is 8.32. The average molecular weight is 449 g/mol. The Bertz CT molecular complexity index is 1190. The Morgan fingerprint density at radius 1 is 1.09 bits per heavy atom. The first-order chi connectivity index (χ1) is 16.1. The number of imidazole rings is 1. The molecule has 1 amide bonds. The fourth-order valence-electron chi connectivity index (χ4n) is 5.51. The topological polar surface area (TPSA) is 102 Å². The van der Waals surface area contributed by atoms with Gasteiger partial charge in [-0.15, -0.1) is 0 Å². The van der Waals surface area contributed by atoms with E-state index >= 15 is 0 Å². The molecule has 33 heavy (non-hydrogen) atoms. The van der Waals surface area contributed by atoms with Crippen molar-refractivity contribution in [1.82, 2.24) is 39.3 Å². The number of hydrogen-bond acceptors (Lipinski definition) is 8. The fourth-order valence-corrected chi connectivity index (χ4v) is 5.51. The molecule has 3 aliphatic heterocycles. The van der Waals surface area contributed by atoms with Crippen LogP contribution < -0.4 is 4.74 Å². The van der Waals surface area contributed by atoms with E-state index < -0.39 is 0 Å². The molecular weight excluding hydrogens is 420 g/mol. The number of nitrogens with zero attached hydrogens (tertiary/aromatic N) is 8. The highest BCUT2D eigenvalue weighted by atomic mass is 16.5. The van der Waals surface area contributed by atoms with Crippen molar-refractivity contribution in [3.05, 3.63) is 24.5 Å². The molecule has 0 aliphatic carbocycles. The van der Waals surface area contributed by atoms with Crippen LogP contribution in [-0.4, -0.2) is 84.0 Å². The summed E-state index contributed by atoms with van der Waals surface area (Å²) in [5.74, 6) is 2.89. The summed E-state index contributed by atoms with van der Waals surface area (Å²) in [6, 6.07) is 0. The van der Waals surface area contributed by atoms with Crippen LogP contribution in [0.2, 0.25) is 0 Å². The standard InChI is InChI=1S/C23H28N8O2/c1-3-31-20(16-8-24-14(2)25-9-16)28-19-21(31)26-13-27-22(19)33-17-5-7-30(11-17)23(32)18-12-29-6-4-15(18)10-29/h8-9,13,15,17-18H,3-7,10-12H2,1-2H3/t15-,17-,18?/m0/s1. The molecule has 0 saturated carbocycles. The minimum Gasteiger partial charge on any atom is -0.471 e. The van der Waals surface area contributed by atoms with Crippen LogP contribution >= 0.6 is 0 Å². The quantitative estimate of drug-likeness (QED) is 0.579. The minimum absolute atomic E-state index is 0.0936. The Hall–Kier alpha value is -3.14. The summed E-state index contributed by atoms with van der Waals surface area (Å²) in [7, 11) is 0. The summed E-state index contributed by atoms with van der Waals surface area (Å²) in [5.41, 5.74) is 2.17. The lowest BCUT2D eigenvalue weighted by atomic mass is 9.91. The first-order valence-corrected chi connectivity index (χ1v) is 11.8. The molecule has 172 valence electrons. The summed E-state index contributed by atoms with van der Waals surface area (Å²) in [6.07, 6.45) is 6.92. The number of aromatic nitrogens is 6. The molecule has 6 heterocycles. The molecule has 3 aliphatic rings. The van der Waals surface area contributed by atoms with Gasteiger partial charge in [-0.1, -0.05) is 0 Å². The van der Waals surface area contributed by atoms with E-state index in [-0.39, 0.29) is 17.9 Å². The van der Waals surface area contributed by atoms with E-state index in [4.69, 9.17) is 9.72 Å². The molecule has 3 aromatic rings. The van der Waals surface area contributed by atoms with Gasteiger partial charge in [0.2, 0.25) is 11.8 Å². The molecule has 10 nitrogen and oxygen atoms in total. The maximum Gasteiger partial charge on any atom is 0.245 e. The van der Waals surface area contributed by atoms with Crippen LogP contribution in [0.1, 0.15) is 25.6 Å². The molecule has 6 rings (SSSR count). The van der Waals surface area contributed by atoms with Gasteiger partial charge >= 0.3 is 0 Å². The first-order valence-electron chi connectivity index (χ1n) is 11.8. The van der Waals surface area contributed by atoms with Crippen LogP contribution in [0.5, 0.6) is 5.88 Å². The SMILES string of the molecule is CCn1c(-c2cnc(C)nc2)nc2c(O[C@H]3CCN(C(=O)C4CN5CC[C@H]4C5)C3)ncnc21. The Kier molecular flexibility index (Phi) is 4.97. The van der Waals surface area contributed by atoms with Gasteiger partial charge in [-0.25, -0.2) is 19.9 Å². The van der Waals surface area contributed by atoms with Gasteiger partial charge in [0.1, 0.15) is 24.1 Å². The third-order valence-electron chi connectivity index (χ3n) is 7.24. The monoisotopic (exact) mass is 448 g/mol. The maximum atomic E-state index is 13.1. The summed E-state index contributed by atoms with van der Waals surface area (Å²) in [4.78, 5) is 39.8. The van der Waals surface area contributed by atoms with Gasteiger partial charge < -0.3 is 19.1 Å². The van der Waals surface area contributed by atoms with E-state index in [1.807, 2.05) is 16.4 Å². The Morgan fingerprint density at radius 2 is 1.94 bits per heavy atom. The lowest BCUT2D eigenvalue weighted by Crippen LogP contribution is -2.40. The summed E-state index contributed by atoms with van der Waals surface area (Å²) >= 11 is 0. The molecule has 0 radical (unpaired) electrons. The second-order valence-corrected chi connectivity index (χ2v) is 9.28. The molecule has 3 saturated heterocycles. The van der Waals surface area contributed by atoms with Crippen molar-refractivity contribution in [1.29, 1.82) is 0 Å². The zero-order chi connectivity index (χ0) is 22.5. The number of amides is 1. The number of carbonyl (C=O) groups excluding carboxylic acids is 1. The molecule has 2 unspecified atom stereocenters. The molecule has 2 bridgehead atoms. The van der Waals surface area contributed by atoms with E-state index in [1.54, 1.807) is 12.4 Å². The van der Waals surface area contributed by atoms with Crippen molar-refractivity contribution in [3.63, 3.8) is 0 Å². The third-order valence-corrected chi connectivity index (χ3v) is 7.24. The number of rotatable bonds is 5. The van der Waals surface area contributed by atoms with E-state index in [9.17, 15) is 4.79 Å². The van der Waals surface area contributed by atoms with Gasteiger partial charge in [0.05, 0.1) is 18.0 Å². The number of carbonyl (C=O) groups is 1. The minimum atomic E-state index is -0.0936. The second kappa shape index (κ2) is 8.02. The number of ether oxygens (including phenoxy) is 1. The van der Waals surface area contributed by atoms with Gasteiger partial charge in [-0.05, 0) is 32.7 Å². The molecule has 0 aromatic carbocycles.